The Hall–Kier alpha value is -0.100. The van der Waals surface area contributed by atoms with Gasteiger partial charge in [-0.15, -0.1) is 0 Å². The maximum atomic E-state index is 5.76. The molecule has 0 aliphatic rings. The second-order valence-corrected chi connectivity index (χ2v) is 6.51. The SMILES string of the molecule is CNC/C(=C\Cl)CNCCCCCCCCNC/C(=C/Cl)CNC. The Kier molecular flexibility index (Phi) is 19.1. The van der Waals surface area contributed by atoms with Crippen LogP contribution in [0.3, 0.4) is 0 Å². The molecule has 0 amide bonds. The van der Waals surface area contributed by atoms with Crippen LogP contribution in [-0.4, -0.2) is 53.4 Å². The first-order chi connectivity index (χ1) is 11.8. The smallest absolute Gasteiger partial charge is 0.0189 e. The average molecular weight is 379 g/mol. The molecule has 0 spiro atoms. The summed E-state index contributed by atoms with van der Waals surface area (Å²) in [4.78, 5) is 0. The summed E-state index contributed by atoms with van der Waals surface area (Å²) >= 11 is 11.5. The molecule has 4 N–H and O–H groups in total. The Balaban J connectivity index is 3.28. The quantitative estimate of drug-likeness (QED) is 0.293. The first-order valence-corrected chi connectivity index (χ1v) is 9.92. The third kappa shape index (κ3) is 15.4. The Bertz CT molecular complexity index is 301. The second kappa shape index (κ2) is 19.2. The molecular weight excluding hydrogens is 343 g/mol. The highest BCUT2D eigenvalue weighted by Crippen LogP contribution is 2.05. The second-order valence-electron chi connectivity index (χ2n) is 6.07. The van der Waals surface area contributed by atoms with Crippen molar-refractivity contribution >= 4 is 23.2 Å². The van der Waals surface area contributed by atoms with E-state index < -0.39 is 0 Å². The molecule has 0 heterocycles. The van der Waals surface area contributed by atoms with Crippen LogP contribution in [0.2, 0.25) is 0 Å². The lowest BCUT2D eigenvalue weighted by Crippen LogP contribution is -2.23. The van der Waals surface area contributed by atoms with Crippen LogP contribution in [0.15, 0.2) is 22.2 Å². The van der Waals surface area contributed by atoms with Crippen LogP contribution in [-0.2, 0) is 0 Å². The Labute approximate surface area is 158 Å². The highest BCUT2D eigenvalue weighted by atomic mass is 35.5. The molecular formula is C18H36Cl2N4. The van der Waals surface area contributed by atoms with Gasteiger partial charge in [-0.05, 0) is 51.2 Å². The number of rotatable bonds is 17. The van der Waals surface area contributed by atoms with Gasteiger partial charge in [0.15, 0.2) is 0 Å². The van der Waals surface area contributed by atoms with E-state index >= 15 is 0 Å². The number of hydrogen-bond donors (Lipinski definition) is 4. The summed E-state index contributed by atoms with van der Waals surface area (Å²) in [6, 6.07) is 0. The van der Waals surface area contributed by atoms with Crippen LogP contribution in [0.25, 0.3) is 0 Å². The monoisotopic (exact) mass is 378 g/mol. The lowest BCUT2D eigenvalue weighted by Gasteiger charge is -2.08. The number of unbranched alkanes of at least 4 members (excludes halogenated alkanes) is 5. The molecule has 0 aliphatic carbocycles. The molecule has 142 valence electrons. The predicted octanol–water partition coefficient (Wildman–Crippen LogP) is 3.19. The lowest BCUT2D eigenvalue weighted by molar-refractivity contribution is 0.559. The molecule has 0 aliphatic heterocycles. The molecule has 0 rings (SSSR count). The molecule has 0 aromatic heterocycles. The van der Waals surface area contributed by atoms with Gasteiger partial charge in [-0.2, -0.15) is 0 Å². The standard InChI is InChI=1S/C18H36Cl2N4/c1-21-13-17(11-19)15-23-9-7-5-3-4-6-8-10-24-16-18(12-20)14-22-2/h11-12,21-24H,3-10,13-16H2,1-2H3/b17-11+,18-12+. The fourth-order valence-corrected chi connectivity index (χ4v) is 2.75. The Morgan fingerprint density at radius 2 is 1.00 bits per heavy atom. The topological polar surface area (TPSA) is 48.1 Å². The van der Waals surface area contributed by atoms with E-state index in [2.05, 4.69) is 21.3 Å². The van der Waals surface area contributed by atoms with E-state index in [0.717, 1.165) is 39.3 Å². The van der Waals surface area contributed by atoms with Gasteiger partial charge in [0.05, 0.1) is 0 Å². The highest BCUT2D eigenvalue weighted by molar-refractivity contribution is 6.26. The van der Waals surface area contributed by atoms with Crippen molar-refractivity contribution in [2.75, 3.05) is 53.4 Å². The first kappa shape index (κ1) is 23.9. The number of nitrogens with one attached hydrogen (secondary N) is 4. The van der Waals surface area contributed by atoms with Gasteiger partial charge in [-0.25, -0.2) is 0 Å². The van der Waals surface area contributed by atoms with E-state index in [4.69, 9.17) is 23.2 Å². The molecule has 0 saturated carbocycles. The minimum atomic E-state index is 0.849. The van der Waals surface area contributed by atoms with E-state index in [1.807, 2.05) is 14.1 Å². The van der Waals surface area contributed by atoms with Gasteiger partial charge in [0.2, 0.25) is 0 Å². The fourth-order valence-electron chi connectivity index (χ4n) is 2.44. The zero-order valence-electron chi connectivity index (χ0n) is 15.4. The van der Waals surface area contributed by atoms with Crippen molar-refractivity contribution in [1.82, 2.24) is 21.3 Å². The molecule has 0 fully saturated rings. The Morgan fingerprint density at radius 3 is 1.33 bits per heavy atom. The maximum Gasteiger partial charge on any atom is 0.0189 e. The van der Waals surface area contributed by atoms with Crippen LogP contribution in [0, 0.1) is 0 Å². The molecule has 0 saturated heterocycles. The van der Waals surface area contributed by atoms with Crippen LogP contribution in [0.4, 0.5) is 0 Å². The average Bonchev–Trinajstić information content (AvgIpc) is 2.60. The van der Waals surface area contributed by atoms with Crippen LogP contribution in [0.1, 0.15) is 38.5 Å². The van der Waals surface area contributed by atoms with Crippen molar-refractivity contribution < 1.29 is 0 Å². The van der Waals surface area contributed by atoms with Crippen molar-refractivity contribution in [3.63, 3.8) is 0 Å². The minimum absolute atomic E-state index is 0.849. The Morgan fingerprint density at radius 1 is 0.625 bits per heavy atom. The lowest BCUT2D eigenvalue weighted by atomic mass is 10.1. The summed E-state index contributed by atoms with van der Waals surface area (Å²) < 4.78 is 0. The first-order valence-electron chi connectivity index (χ1n) is 9.05. The van der Waals surface area contributed by atoms with Crippen molar-refractivity contribution in [2.24, 2.45) is 0 Å². The normalized spacial score (nSPS) is 12.8. The van der Waals surface area contributed by atoms with Crippen molar-refractivity contribution in [2.45, 2.75) is 38.5 Å². The third-order valence-electron chi connectivity index (χ3n) is 3.78. The molecule has 6 heteroatoms. The molecule has 0 radical (unpaired) electrons. The zero-order valence-corrected chi connectivity index (χ0v) is 16.9. The molecule has 24 heavy (non-hydrogen) atoms. The number of hydrogen-bond acceptors (Lipinski definition) is 4. The van der Waals surface area contributed by atoms with E-state index in [1.54, 1.807) is 11.1 Å². The zero-order chi connectivity index (χ0) is 17.9. The van der Waals surface area contributed by atoms with Gasteiger partial charge in [-0.1, -0.05) is 48.9 Å². The highest BCUT2D eigenvalue weighted by Gasteiger charge is 1.97. The third-order valence-corrected chi connectivity index (χ3v) is 4.39. The summed E-state index contributed by atoms with van der Waals surface area (Å²) in [5.41, 5.74) is 5.74. The molecule has 0 unspecified atom stereocenters. The fraction of sp³-hybridized carbons (Fsp3) is 0.778. The largest absolute Gasteiger partial charge is 0.316 e. The number of likely N-dealkylation sites (N-methyl/N-ethyl adjacent to an activating group) is 2. The van der Waals surface area contributed by atoms with Gasteiger partial charge >= 0.3 is 0 Å². The van der Waals surface area contributed by atoms with Gasteiger partial charge in [0.25, 0.3) is 0 Å². The summed E-state index contributed by atoms with van der Waals surface area (Å²) in [6.45, 7) is 5.59. The molecule has 0 aromatic carbocycles. The van der Waals surface area contributed by atoms with E-state index in [0.29, 0.717) is 0 Å². The summed E-state index contributed by atoms with van der Waals surface area (Å²) in [6.07, 6.45) is 7.72. The van der Waals surface area contributed by atoms with Crippen molar-refractivity contribution in [1.29, 1.82) is 0 Å². The minimum Gasteiger partial charge on any atom is -0.316 e. The summed E-state index contributed by atoms with van der Waals surface area (Å²) in [5.74, 6) is 0. The van der Waals surface area contributed by atoms with Gasteiger partial charge in [0.1, 0.15) is 0 Å². The van der Waals surface area contributed by atoms with Crippen molar-refractivity contribution in [3.05, 3.63) is 22.2 Å². The maximum absolute atomic E-state index is 5.76. The summed E-state index contributed by atoms with van der Waals surface area (Å²) in [5, 5.41) is 13.1. The van der Waals surface area contributed by atoms with Crippen LogP contribution >= 0.6 is 23.2 Å². The number of halogens is 2. The molecule has 0 aromatic rings. The molecule has 4 nitrogen and oxygen atoms in total. The van der Waals surface area contributed by atoms with E-state index in [-0.39, 0.29) is 0 Å². The molecule has 0 bridgehead atoms. The van der Waals surface area contributed by atoms with Gasteiger partial charge in [-0.3, -0.25) is 0 Å². The summed E-state index contributed by atoms with van der Waals surface area (Å²) in [7, 11) is 3.87. The van der Waals surface area contributed by atoms with E-state index in [1.165, 1.54) is 49.7 Å². The van der Waals surface area contributed by atoms with E-state index in [9.17, 15) is 0 Å². The van der Waals surface area contributed by atoms with Crippen LogP contribution < -0.4 is 21.3 Å². The van der Waals surface area contributed by atoms with Crippen LogP contribution in [0.5, 0.6) is 0 Å². The van der Waals surface area contributed by atoms with Gasteiger partial charge in [0, 0.05) is 37.2 Å². The van der Waals surface area contributed by atoms with Crippen molar-refractivity contribution in [3.8, 4) is 0 Å². The molecule has 0 atom stereocenters. The van der Waals surface area contributed by atoms with Gasteiger partial charge < -0.3 is 21.3 Å². The predicted molar refractivity (Wildman–Crippen MR) is 109 cm³/mol.